The molecule has 2 saturated heterocycles. The van der Waals surface area contributed by atoms with Gasteiger partial charge in [0.15, 0.2) is 0 Å². The van der Waals surface area contributed by atoms with Crippen LogP contribution in [0.25, 0.3) is 0 Å². The molecule has 4 rings (SSSR count). The number of likely N-dealkylation sites (tertiary alicyclic amines) is 1. The van der Waals surface area contributed by atoms with Crippen molar-refractivity contribution in [3.05, 3.63) is 59.9 Å². The summed E-state index contributed by atoms with van der Waals surface area (Å²) in [7, 11) is 0. The molecule has 1 aromatic carbocycles. The van der Waals surface area contributed by atoms with E-state index in [1.165, 1.54) is 6.07 Å². The Balaban J connectivity index is 1.37. The lowest BCUT2D eigenvalue weighted by molar-refractivity contribution is -0.137. The highest BCUT2D eigenvalue weighted by Crippen LogP contribution is 2.26. The molecule has 0 bridgehead atoms. The molecule has 2 aliphatic rings. The third kappa shape index (κ3) is 4.24. The quantitative estimate of drug-likeness (QED) is 0.855. The smallest absolute Gasteiger partial charge is 0.258 e. The maximum Gasteiger partial charge on any atom is 0.258 e. The minimum atomic E-state index is -0.440. The van der Waals surface area contributed by atoms with Gasteiger partial charge in [-0.05, 0) is 37.1 Å². The number of benzene rings is 1. The number of carbonyl (C=O) groups is 2. The van der Waals surface area contributed by atoms with Gasteiger partial charge >= 0.3 is 0 Å². The van der Waals surface area contributed by atoms with E-state index in [0.29, 0.717) is 26.1 Å². The van der Waals surface area contributed by atoms with Gasteiger partial charge in [-0.15, -0.1) is 0 Å². The highest BCUT2D eigenvalue weighted by Gasteiger charge is 2.38. The van der Waals surface area contributed by atoms with Gasteiger partial charge in [-0.25, -0.2) is 0 Å². The second-order valence-electron chi connectivity index (χ2n) is 7.60. The topological polar surface area (TPSA) is 77.0 Å². The summed E-state index contributed by atoms with van der Waals surface area (Å²) in [6.07, 6.45) is 3.27. The molecule has 7 heteroatoms. The highest BCUT2D eigenvalue weighted by molar-refractivity contribution is 5.99. The van der Waals surface area contributed by atoms with E-state index in [9.17, 15) is 14.7 Å². The third-order valence-corrected chi connectivity index (χ3v) is 5.73. The maximum absolute atomic E-state index is 13.1. The van der Waals surface area contributed by atoms with Gasteiger partial charge in [0, 0.05) is 45.5 Å². The first-order chi connectivity index (χ1) is 14.1. The van der Waals surface area contributed by atoms with Crippen LogP contribution in [0.5, 0.6) is 5.75 Å². The molecule has 3 heterocycles. The fourth-order valence-electron chi connectivity index (χ4n) is 4.13. The van der Waals surface area contributed by atoms with Gasteiger partial charge in [0.05, 0.1) is 11.3 Å². The minimum Gasteiger partial charge on any atom is -0.507 e. The van der Waals surface area contributed by atoms with Crippen LogP contribution in [0.2, 0.25) is 0 Å². The number of nitrogens with zero attached hydrogens (tertiary/aromatic N) is 4. The first kappa shape index (κ1) is 19.4. The molecule has 7 nitrogen and oxygen atoms in total. The number of carbonyl (C=O) groups excluding carboxylic acids is 2. The Morgan fingerprint density at radius 3 is 2.48 bits per heavy atom. The number of hydrogen-bond acceptors (Lipinski definition) is 5. The predicted octanol–water partition coefficient (Wildman–Crippen LogP) is 1.74. The van der Waals surface area contributed by atoms with Crippen LogP contribution in [0.15, 0.2) is 48.7 Å². The molecule has 1 atom stereocenters. The van der Waals surface area contributed by atoms with Crippen molar-refractivity contribution in [2.24, 2.45) is 0 Å². The molecule has 2 amide bonds. The molecule has 1 aromatic heterocycles. The summed E-state index contributed by atoms with van der Waals surface area (Å²) < 4.78 is 0. The zero-order valence-electron chi connectivity index (χ0n) is 16.4. The Kier molecular flexibility index (Phi) is 5.76. The molecule has 29 heavy (non-hydrogen) atoms. The van der Waals surface area contributed by atoms with Crippen LogP contribution < -0.4 is 0 Å². The lowest BCUT2D eigenvalue weighted by Crippen LogP contribution is -2.54. The number of phenolic OH excluding ortho intramolecular Hbond substituents is 1. The molecular formula is C22H26N4O3. The second-order valence-corrected chi connectivity index (χ2v) is 7.60. The van der Waals surface area contributed by atoms with Crippen molar-refractivity contribution >= 4 is 11.8 Å². The summed E-state index contributed by atoms with van der Waals surface area (Å²) in [5.74, 6) is -0.296. The van der Waals surface area contributed by atoms with Gasteiger partial charge in [0.2, 0.25) is 5.91 Å². The monoisotopic (exact) mass is 394 g/mol. The van der Waals surface area contributed by atoms with E-state index in [0.717, 1.165) is 31.7 Å². The lowest BCUT2D eigenvalue weighted by atomic mass is 10.1. The molecule has 2 aromatic rings. The van der Waals surface area contributed by atoms with E-state index in [-0.39, 0.29) is 23.1 Å². The summed E-state index contributed by atoms with van der Waals surface area (Å²) >= 11 is 0. The Bertz CT molecular complexity index is 865. The summed E-state index contributed by atoms with van der Waals surface area (Å²) in [5, 5.41) is 10.0. The van der Waals surface area contributed by atoms with Crippen molar-refractivity contribution in [3.8, 4) is 5.75 Å². The normalized spacial score (nSPS) is 20.1. The van der Waals surface area contributed by atoms with Gasteiger partial charge in [0.1, 0.15) is 11.8 Å². The van der Waals surface area contributed by atoms with Crippen LogP contribution in [0.3, 0.4) is 0 Å². The van der Waals surface area contributed by atoms with E-state index >= 15 is 0 Å². The van der Waals surface area contributed by atoms with Crippen LogP contribution >= 0.6 is 0 Å². The van der Waals surface area contributed by atoms with Crippen molar-refractivity contribution in [2.75, 3.05) is 32.7 Å². The zero-order chi connectivity index (χ0) is 20.2. The average Bonchev–Trinajstić information content (AvgIpc) is 3.24. The number of phenols is 1. The number of aromatic hydroxyl groups is 1. The van der Waals surface area contributed by atoms with E-state index in [1.807, 2.05) is 23.1 Å². The molecule has 0 saturated carbocycles. The summed E-state index contributed by atoms with van der Waals surface area (Å²) in [4.78, 5) is 36.2. The standard InChI is InChI=1S/C22H26N4O3/c27-20-9-2-1-7-18(20)21(28)26-11-5-8-19(26)22(29)25-14-12-24(13-15-25)16-17-6-3-4-10-23-17/h1-4,6-7,9-10,19,27H,5,8,11-16H2. The van der Waals surface area contributed by atoms with E-state index in [2.05, 4.69) is 9.88 Å². The Morgan fingerprint density at radius 2 is 1.76 bits per heavy atom. The number of hydrogen-bond donors (Lipinski definition) is 1. The van der Waals surface area contributed by atoms with Gasteiger partial charge in [-0.1, -0.05) is 18.2 Å². The molecule has 1 unspecified atom stereocenters. The molecule has 2 fully saturated rings. The number of pyridine rings is 1. The van der Waals surface area contributed by atoms with Gasteiger partial charge < -0.3 is 14.9 Å². The molecule has 152 valence electrons. The van der Waals surface area contributed by atoms with Crippen molar-refractivity contribution in [3.63, 3.8) is 0 Å². The summed E-state index contributed by atoms with van der Waals surface area (Å²) in [5.41, 5.74) is 1.29. The molecule has 1 N–H and O–H groups in total. The van der Waals surface area contributed by atoms with Crippen molar-refractivity contribution in [1.29, 1.82) is 0 Å². The fraction of sp³-hybridized carbons (Fsp3) is 0.409. The van der Waals surface area contributed by atoms with Crippen molar-refractivity contribution in [2.45, 2.75) is 25.4 Å². The van der Waals surface area contributed by atoms with Crippen molar-refractivity contribution in [1.82, 2.24) is 19.7 Å². The van der Waals surface area contributed by atoms with E-state index in [4.69, 9.17) is 0 Å². The first-order valence-electron chi connectivity index (χ1n) is 10.1. The molecule has 0 spiro atoms. The van der Waals surface area contributed by atoms with Crippen LogP contribution in [0.1, 0.15) is 28.9 Å². The highest BCUT2D eigenvalue weighted by atomic mass is 16.3. The van der Waals surface area contributed by atoms with Crippen LogP contribution in [-0.4, -0.2) is 75.4 Å². The zero-order valence-corrected chi connectivity index (χ0v) is 16.4. The minimum absolute atomic E-state index is 0.0174. The summed E-state index contributed by atoms with van der Waals surface area (Å²) in [6, 6.07) is 12.0. The maximum atomic E-state index is 13.1. The van der Waals surface area contributed by atoms with Crippen LogP contribution in [0.4, 0.5) is 0 Å². The molecule has 0 aliphatic carbocycles. The predicted molar refractivity (Wildman–Crippen MR) is 108 cm³/mol. The second kappa shape index (κ2) is 8.61. The molecule has 2 aliphatic heterocycles. The van der Waals surface area contributed by atoms with E-state index in [1.54, 1.807) is 29.3 Å². The Hall–Kier alpha value is -2.93. The van der Waals surface area contributed by atoms with Crippen molar-refractivity contribution < 1.29 is 14.7 Å². The number of piperazine rings is 1. The largest absolute Gasteiger partial charge is 0.507 e. The first-order valence-corrected chi connectivity index (χ1v) is 10.1. The Labute approximate surface area is 170 Å². The number of para-hydroxylation sites is 1. The van der Waals surface area contributed by atoms with Gasteiger partial charge in [-0.3, -0.25) is 19.5 Å². The number of amides is 2. The average molecular weight is 394 g/mol. The van der Waals surface area contributed by atoms with Gasteiger partial charge in [-0.2, -0.15) is 0 Å². The lowest BCUT2D eigenvalue weighted by Gasteiger charge is -2.37. The SMILES string of the molecule is O=C(C1CCCN1C(=O)c1ccccc1O)N1CCN(Cc2ccccn2)CC1. The molecule has 0 radical (unpaired) electrons. The van der Waals surface area contributed by atoms with E-state index < -0.39 is 6.04 Å². The Morgan fingerprint density at radius 1 is 1.00 bits per heavy atom. The number of aromatic nitrogens is 1. The number of rotatable bonds is 4. The molecular weight excluding hydrogens is 368 g/mol. The summed E-state index contributed by atoms with van der Waals surface area (Å²) in [6.45, 7) is 4.22. The van der Waals surface area contributed by atoms with Crippen LogP contribution in [0, 0.1) is 0 Å². The van der Waals surface area contributed by atoms with Gasteiger partial charge in [0.25, 0.3) is 5.91 Å². The fourth-order valence-corrected chi connectivity index (χ4v) is 4.13. The third-order valence-electron chi connectivity index (χ3n) is 5.73. The van der Waals surface area contributed by atoms with Crippen LogP contribution in [-0.2, 0) is 11.3 Å².